The first-order valence-electron chi connectivity index (χ1n) is 6.68. The first-order valence-corrected chi connectivity index (χ1v) is 6.68. The predicted octanol–water partition coefficient (Wildman–Crippen LogP) is -1.32. The van der Waals surface area contributed by atoms with E-state index < -0.39 is 0 Å². The van der Waals surface area contributed by atoms with Crippen molar-refractivity contribution >= 4 is 0 Å². The molecule has 0 saturated carbocycles. The second-order valence-electron chi connectivity index (χ2n) is 3.81. The molecule has 112 valence electrons. The summed E-state index contributed by atoms with van der Waals surface area (Å²) in [6.07, 6.45) is 3.19. The van der Waals surface area contributed by atoms with Gasteiger partial charge in [0.05, 0.1) is 0 Å². The highest BCUT2D eigenvalue weighted by molar-refractivity contribution is 4.46. The van der Waals surface area contributed by atoms with Crippen LogP contribution in [0, 0.1) is 0 Å². The lowest BCUT2D eigenvalue weighted by atomic mass is 10.4. The molecule has 0 spiro atoms. The van der Waals surface area contributed by atoms with E-state index in [1.807, 2.05) is 0 Å². The fourth-order valence-corrected chi connectivity index (χ4v) is 1.07. The standard InChI is InChI=1S/2C6H15NO2/c2*8-5-1-3-7-4-2-6-9/h2*7-9H,1-6H2. The largest absolute Gasteiger partial charge is 0.396 e. The van der Waals surface area contributed by atoms with Crippen molar-refractivity contribution in [3.8, 4) is 0 Å². The van der Waals surface area contributed by atoms with Crippen molar-refractivity contribution in [2.24, 2.45) is 0 Å². The van der Waals surface area contributed by atoms with E-state index in [0.29, 0.717) is 0 Å². The van der Waals surface area contributed by atoms with E-state index >= 15 is 0 Å². The molecule has 0 aromatic heterocycles. The molecule has 0 aromatic carbocycles. The lowest BCUT2D eigenvalue weighted by Gasteiger charge is -1.99. The van der Waals surface area contributed by atoms with Crippen LogP contribution < -0.4 is 10.6 Å². The first kappa shape index (κ1) is 20.1. The van der Waals surface area contributed by atoms with E-state index in [2.05, 4.69) is 10.6 Å². The molecule has 0 heterocycles. The smallest absolute Gasteiger partial charge is 0.0443 e. The van der Waals surface area contributed by atoms with Crippen molar-refractivity contribution in [3.05, 3.63) is 0 Å². The average molecular weight is 266 g/mol. The molecule has 6 nitrogen and oxygen atoms in total. The summed E-state index contributed by atoms with van der Waals surface area (Å²) in [6, 6.07) is 0. The summed E-state index contributed by atoms with van der Waals surface area (Å²) in [6.45, 7) is 4.34. The van der Waals surface area contributed by atoms with Crippen LogP contribution in [0.15, 0.2) is 0 Å². The van der Waals surface area contributed by atoms with Crippen molar-refractivity contribution < 1.29 is 20.4 Å². The summed E-state index contributed by atoms with van der Waals surface area (Å²) in [5.74, 6) is 0. The van der Waals surface area contributed by atoms with Gasteiger partial charge in [-0.15, -0.1) is 0 Å². The van der Waals surface area contributed by atoms with Crippen molar-refractivity contribution in [1.29, 1.82) is 0 Å². The van der Waals surface area contributed by atoms with Gasteiger partial charge in [0, 0.05) is 26.4 Å². The summed E-state index contributed by atoms with van der Waals surface area (Å²) >= 11 is 0. The fourth-order valence-electron chi connectivity index (χ4n) is 1.07. The quantitative estimate of drug-likeness (QED) is 0.245. The molecule has 0 atom stereocenters. The second kappa shape index (κ2) is 22.0. The molecule has 0 saturated heterocycles. The van der Waals surface area contributed by atoms with E-state index in [-0.39, 0.29) is 26.4 Å². The fraction of sp³-hybridized carbons (Fsp3) is 1.00. The van der Waals surface area contributed by atoms with Crippen LogP contribution in [0.3, 0.4) is 0 Å². The number of hydrogen-bond acceptors (Lipinski definition) is 6. The van der Waals surface area contributed by atoms with Gasteiger partial charge in [0.25, 0.3) is 0 Å². The topological polar surface area (TPSA) is 105 Å². The number of rotatable bonds is 12. The van der Waals surface area contributed by atoms with Gasteiger partial charge in [-0.1, -0.05) is 0 Å². The van der Waals surface area contributed by atoms with Crippen LogP contribution in [-0.2, 0) is 0 Å². The lowest BCUT2D eigenvalue weighted by Crippen LogP contribution is -2.18. The van der Waals surface area contributed by atoms with Crippen LogP contribution in [0.25, 0.3) is 0 Å². The summed E-state index contributed by atoms with van der Waals surface area (Å²) in [5.41, 5.74) is 0. The average Bonchev–Trinajstić information content (AvgIpc) is 2.39. The zero-order valence-corrected chi connectivity index (χ0v) is 11.3. The molecule has 6 N–H and O–H groups in total. The first-order chi connectivity index (χ1) is 8.83. The van der Waals surface area contributed by atoms with Crippen LogP contribution in [0.1, 0.15) is 25.7 Å². The van der Waals surface area contributed by atoms with E-state index in [4.69, 9.17) is 20.4 Å². The van der Waals surface area contributed by atoms with Crippen molar-refractivity contribution in [2.45, 2.75) is 25.7 Å². The maximum absolute atomic E-state index is 8.33. The van der Waals surface area contributed by atoms with Gasteiger partial charge < -0.3 is 31.1 Å². The van der Waals surface area contributed by atoms with Crippen LogP contribution in [0.5, 0.6) is 0 Å². The second-order valence-corrected chi connectivity index (χ2v) is 3.81. The van der Waals surface area contributed by atoms with E-state index in [0.717, 1.165) is 51.9 Å². The maximum Gasteiger partial charge on any atom is 0.0443 e. The van der Waals surface area contributed by atoms with Gasteiger partial charge in [-0.2, -0.15) is 0 Å². The molecule has 0 amide bonds. The number of nitrogens with one attached hydrogen (secondary N) is 2. The van der Waals surface area contributed by atoms with Gasteiger partial charge in [-0.05, 0) is 51.9 Å². The SMILES string of the molecule is OCCCNCCCO.OCCCNCCCO. The molecule has 0 rings (SSSR count). The number of aliphatic hydroxyl groups is 4. The highest BCUT2D eigenvalue weighted by Gasteiger charge is 1.85. The Bertz CT molecular complexity index is 103. The normalized spacial score (nSPS) is 10.0. The van der Waals surface area contributed by atoms with E-state index in [1.54, 1.807) is 0 Å². The lowest BCUT2D eigenvalue weighted by molar-refractivity contribution is 0.275. The minimum Gasteiger partial charge on any atom is -0.396 e. The Hall–Kier alpha value is -0.240. The Kier molecular flexibility index (Phi) is 24.5. The molecule has 0 aliphatic heterocycles. The van der Waals surface area contributed by atoms with Gasteiger partial charge in [0.15, 0.2) is 0 Å². The predicted molar refractivity (Wildman–Crippen MR) is 72.6 cm³/mol. The molecule has 0 aliphatic rings. The Balaban J connectivity index is 0. The van der Waals surface area contributed by atoms with Crippen molar-refractivity contribution in [2.75, 3.05) is 52.6 Å². The highest BCUT2D eigenvalue weighted by atomic mass is 16.3. The Labute approximate surface area is 110 Å². The molecule has 18 heavy (non-hydrogen) atoms. The van der Waals surface area contributed by atoms with Gasteiger partial charge >= 0.3 is 0 Å². The molecule has 0 aliphatic carbocycles. The Morgan fingerprint density at radius 2 is 0.667 bits per heavy atom. The highest BCUT2D eigenvalue weighted by Crippen LogP contribution is 1.75. The zero-order chi connectivity index (χ0) is 13.9. The van der Waals surface area contributed by atoms with Gasteiger partial charge in [-0.25, -0.2) is 0 Å². The maximum atomic E-state index is 8.33. The number of aliphatic hydroxyl groups excluding tert-OH is 4. The third kappa shape index (κ3) is 24.8. The zero-order valence-electron chi connectivity index (χ0n) is 11.3. The van der Waals surface area contributed by atoms with Gasteiger partial charge in [0.2, 0.25) is 0 Å². The van der Waals surface area contributed by atoms with Crippen molar-refractivity contribution in [3.63, 3.8) is 0 Å². The third-order valence-electron chi connectivity index (χ3n) is 2.05. The minimum atomic E-state index is 0.242. The van der Waals surface area contributed by atoms with Crippen LogP contribution in [0.4, 0.5) is 0 Å². The molecular formula is C12H30N2O4. The summed E-state index contributed by atoms with van der Waals surface area (Å²) in [7, 11) is 0. The van der Waals surface area contributed by atoms with E-state index in [9.17, 15) is 0 Å². The molecule has 0 unspecified atom stereocenters. The monoisotopic (exact) mass is 266 g/mol. The molecule has 0 bridgehead atoms. The van der Waals surface area contributed by atoms with Crippen molar-refractivity contribution in [1.82, 2.24) is 10.6 Å². The summed E-state index contributed by atoms with van der Waals surface area (Å²) in [4.78, 5) is 0. The molecular weight excluding hydrogens is 236 g/mol. The molecule has 0 fully saturated rings. The summed E-state index contributed by atoms with van der Waals surface area (Å²) in [5, 5.41) is 39.5. The van der Waals surface area contributed by atoms with Gasteiger partial charge in [-0.3, -0.25) is 0 Å². The van der Waals surface area contributed by atoms with E-state index in [1.165, 1.54) is 0 Å². The van der Waals surface area contributed by atoms with Crippen LogP contribution in [0.2, 0.25) is 0 Å². The Morgan fingerprint density at radius 1 is 0.444 bits per heavy atom. The summed E-state index contributed by atoms with van der Waals surface area (Å²) < 4.78 is 0. The molecule has 6 heteroatoms. The van der Waals surface area contributed by atoms with Crippen LogP contribution >= 0.6 is 0 Å². The van der Waals surface area contributed by atoms with Crippen LogP contribution in [-0.4, -0.2) is 73.0 Å². The van der Waals surface area contributed by atoms with Gasteiger partial charge in [0.1, 0.15) is 0 Å². The number of hydrogen-bond donors (Lipinski definition) is 6. The molecule has 0 radical (unpaired) electrons. The third-order valence-corrected chi connectivity index (χ3v) is 2.05. The molecule has 0 aromatic rings. The Morgan fingerprint density at radius 3 is 0.833 bits per heavy atom. The minimum absolute atomic E-state index is 0.242.